The highest BCUT2D eigenvalue weighted by Gasteiger charge is 2.50. The van der Waals surface area contributed by atoms with Crippen molar-refractivity contribution >= 4 is 5.91 Å². The van der Waals surface area contributed by atoms with Crippen LogP contribution in [0.5, 0.6) is 5.88 Å². The summed E-state index contributed by atoms with van der Waals surface area (Å²) < 4.78 is 44.0. The third-order valence-electron chi connectivity index (χ3n) is 5.99. The number of hydrogen-bond donors (Lipinski definition) is 0. The van der Waals surface area contributed by atoms with E-state index in [0.717, 1.165) is 24.6 Å². The van der Waals surface area contributed by atoms with Crippen molar-refractivity contribution in [3.05, 3.63) is 59.8 Å². The van der Waals surface area contributed by atoms with Crippen molar-refractivity contribution in [2.24, 2.45) is 0 Å². The van der Waals surface area contributed by atoms with Gasteiger partial charge in [-0.1, -0.05) is 12.1 Å². The van der Waals surface area contributed by atoms with Crippen LogP contribution in [0.15, 0.2) is 43.0 Å². The average Bonchev–Trinajstić information content (AvgIpc) is 3.49. The minimum atomic E-state index is -4.56. The van der Waals surface area contributed by atoms with Crippen molar-refractivity contribution in [3.63, 3.8) is 0 Å². The molecule has 0 unspecified atom stereocenters. The number of hydrogen-bond acceptors (Lipinski definition) is 6. The summed E-state index contributed by atoms with van der Waals surface area (Å²) in [5.74, 6) is -0.127. The van der Waals surface area contributed by atoms with Gasteiger partial charge in [0.2, 0.25) is 5.88 Å². The van der Waals surface area contributed by atoms with Crippen LogP contribution in [-0.2, 0) is 6.18 Å². The summed E-state index contributed by atoms with van der Waals surface area (Å²) in [5, 5.41) is 8.36. The van der Waals surface area contributed by atoms with E-state index in [2.05, 4.69) is 20.2 Å². The number of benzene rings is 1. The fourth-order valence-corrected chi connectivity index (χ4v) is 4.62. The Balaban J connectivity index is 1.38. The second-order valence-electron chi connectivity index (χ2n) is 7.93. The van der Waals surface area contributed by atoms with E-state index >= 15 is 0 Å². The first-order valence-corrected chi connectivity index (χ1v) is 10.2. The van der Waals surface area contributed by atoms with Crippen LogP contribution in [-0.4, -0.2) is 54.0 Å². The Morgan fingerprint density at radius 3 is 2.59 bits per heavy atom. The van der Waals surface area contributed by atoms with Gasteiger partial charge in [-0.25, -0.2) is 9.97 Å². The zero-order valence-corrected chi connectivity index (χ0v) is 17.0. The summed E-state index contributed by atoms with van der Waals surface area (Å²) in [5.41, 5.74) is 0.910. The van der Waals surface area contributed by atoms with Crippen molar-refractivity contribution in [2.75, 3.05) is 0 Å². The van der Waals surface area contributed by atoms with Gasteiger partial charge in [0.25, 0.3) is 5.91 Å². The van der Waals surface area contributed by atoms with E-state index in [0.29, 0.717) is 23.9 Å². The van der Waals surface area contributed by atoms with Gasteiger partial charge in [-0.2, -0.15) is 28.2 Å². The van der Waals surface area contributed by atoms with Crippen LogP contribution in [0.1, 0.15) is 40.9 Å². The quantitative estimate of drug-likeness (QED) is 0.614. The highest BCUT2D eigenvalue weighted by Crippen LogP contribution is 2.41. The minimum absolute atomic E-state index is 0.0138. The van der Waals surface area contributed by atoms with Crippen molar-refractivity contribution in [1.82, 2.24) is 29.9 Å². The molecule has 1 aromatic carbocycles. The number of aromatic nitrogens is 5. The Bertz CT molecular complexity index is 1130. The number of carbonyl (C=O) groups is 1. The van der Waals surface area contributed by atoms with Gasteiger partial charge in [0.1, 0.15) is 11.8 Å². The summed E-state index contributed by atoms with van der Waals surface area (Å²) in [6.45, 7) is 1.89. The molecule has 3 aromatic rings. The lowest BCUT2D eigenvalue weighted by atomic mass is 9.98. The van der Waals surface area contributed by atoms with Crippen LogP contribution in [0.4, 0.5) is 13.2 Å². The molecule has 2 aliphatic heterocycles. The summed E-state index contributed by atoms with van der Waals surface area (Å²) in [7, 11) is 0. The lowest BCUT2D eigenvalue weighted by Crippen LogP contribution is -2.39. The molecule has 0 radical (unpaired) electrons. The third-order valence-corrected chi connectivity index (χ3v) is 5.99. The Morgan fingerprint density at radius 1 is 1.12 bits per heavy atom. The average molecular weight is 444 g/mol. The second-order valence-corrected chi connectivity index (χ2v) is 7.93. The van der Waals surface area contributed by atoms with Crippen molar-refractivity contribution in [2.45, 2.75) is 50.6 Å². The number of para-hydroxylation sites is 1. The number of carbonyl (C=O) groups excluding carboxylic acids is 1. The van der Waals surface area contributed by atoms with Gasteiger partial charge in [0.05, 0.1) is 36.4 Å². The molecule has 4 heterocycles. The van der Waals surface area contributed by atoms with Gasteiger partial charge in [0.15, 0.2) is 5.69 Å². The number of halogens is 3. The largest absolute Gasteiger partial charge is 0.471 e. The molecule has 3 atom stereocenters. The van der Waals surface area contributed by atoms with Gasteiger partial charge < -0.3 is 9.64 Å². The fourth-order valence-electron chi connectivity index (χ4n) is 4.62. The van der Waals surface area contributed by atoms with E-state index in [4.69, 9.17) is 4.74 Å². The number of fused-ring (bicyclic) bond motifs is 2. The molecule has 0 saturated carbocycles. The molecule has 11 heteroatoms. The number of aryl methyl sites for hydroxylation is 1. The van der Waals surface area contributed by atoms with E-state index in [9.17, 15) is 18.0 Å². The summed E-state index contributed by atoms with van der Waals surface area (Å²) in [6.07, 6.45) is 1.98. The molecule has 2 fully saturated rings. The molecule has 0 spiro atoms. The Morgan fingerprint density at radius 2 is 1.91 bits per heavy atom. The first kappa shape index (κ1) is 20.4. The molecule has 0 N–H and O–H groups in total. The van der Waals surface area contributed by atoms with Crippen molar-refractivity contribution in [1.29, 1.82) is 0 Å². The van der Waals surface area contributed by atoms with Crippen LogP contribution in [0.3, 0.4) is 0 Å². The summed E-state index contributed by atoms with van der Waals surface area (Å²) in [6, 6.07) is 5.25. The maximum Gasteiger partial charge on any atom is 0.434 e. The first-order chi connectivity index (χ1) is 15.3. The SMILES string of the molecule is Cc1cccc(C(=O)N2[C@@H]3CC[C@H]2[C@H](Oc2cnc(C(F)(F)F)cn2)C3)c1-n1nccn1. The van der Waals surface area contributed by atoms with E-state index in [1.807, 2.05) is 24.0 Å². The van der Waals surface area contributed by atoms with Gasteiger partial charge in [0, 0.05) is 12.5 Å². The molecule has 0 aliphatic carbocycles. The van der Waals surface area contributed by atoms with Crippen molar-refractivity contribution in [3.8, 4) is 11.6 Å². The number of alkyl halides is 3. The molecule has 2 bridgehead atoms. The van der Waals surface area contributed by atoms with Crippen LogP contribution < -0.4 is 4.74 Å². The van der Waals surface area contributed by atoms with Gasteiger partial charge in [-0.05, 0) is 31.4 Å². The lowest BCUT2D eigenvalue weighted by molar-refractivity contribution is -0.141. The van der Waals surface area contributed by atoms with E-state index < -0.39 is 11.9 Å². The van der Waals surface area contributed by atoms with Gasteiger partial charge in [-0.3, -0.25) is 4.79 Å². The number of rotatable bonds is 4. The molecular weight excluding hydrogens is 425 g/mol. The zero-order valence-electron chi connectivity index (χ0n) is 17.0. The van der Waals surface area contributed by atoms with Crippen molar-refractivity contribution < 1.29 is 22.7 Å². The second kappa shape index (κ2) is 7.57. The lowest BCUT2D eigenvalue weighted by Gasteiger charge is -2.25. The normalized spacial score (nSPS) is 22.4. The number of ether oxygens (including phenoxy) is 1. The maximum atomic E-state index is 13.6. The Labute approximate surface area is 181 Å². The van der Waals surface area contributed by atoms with Crippen LogP contribution in [0, 0.1) is 6.92 Å². The molecule has 2 aliphatic rings. The molecule has 2 aromatic heterocycles. The third kappa shape index (κ3) is 3.47. The van der Waals surface area contributed by atoms with Crippen LogP contribution >= 0.6 is 0 Å². The molecule has 166 valence electrons. The minimum Gasteiger partial charge on any atom is -0.471 e. The molecule has 2 saturated heterocycles. The maximum absolute atomic E-state index is 13.6. The monoisotopic (exact) mass is 444 g/mol. The van der Waals surface area contributed by atoms with E-state index in [1.54, 1.807) is 18.5 Å². The smallest absolute Gasteiger partial charge is 0.434 e. The number of nitrogens with zero attached hydrogens (tertiary/aromatic N) is 6. The highest BCUT2D eigenvalue weighted by molar-refractivity contribution is 5.99. The van der Waals surface area contributed by atoms with Crippen LogP contribution in [0.2, 0.25) is 0 Å². The molecular formula is C21H19F3N6O2. The predicted octanol–water partition coefficient (Wildman–Crippen LogP) is 3.21. The zero-order chi connectivity index (χ0) is 22.5. The molecule has 5 rings (SSSR count). The summed E-state index contributed by atoms with van der Waals surface area (Å²) in [4.78, 5) is 24.0. The van der Waals surface area contributed by atoms with E-state index in [-0.39, 0.29) is 30.0 Å². The van der Waals surface area contributed by atoms with Gasteiger partial charge in [-0.15, -0.1) is 0 Å². The Hall–Kier alpha value is -3.50. The highest BCUT2D eigenvalue weighted by atomic mass is 19.4. The molecule has 32 heavy (non-hydrogen) atoms. The van der Waals surface area contributed by atoms with E-state index in [1.165, 1.54) is 4.80 Å². The van der Waals surface area contributed by atoms with Gasteiger partial charge >= 0.3 is 6.18 Å². The topological polar surface area (TPSA) is 86.0 Å². The predicted molar refractivity (Wildman–Crippen MR) is 105 cm³/mol. The first-order valence-electron chi connectivity index (χ1n) is 10.2. The number of amides is 1. The molecule has 8 nitrogen and oxygen atoms in total. The Kier molecular flexibility index (Phi) is 4.83. The fraction of sp³-hybridized carbons (Fsp3) is 0.381. The van der Waals surface area contributed by atoms with Crippen LogP contribution in [0.25, 0.3) is 5.69 Å². The molecule has 1 amide bonds. The standard InChI is InChI=1S/C21H19F3N6O2/c1-12-3-2-4-14(19(12)30-27-7-8-28-30)20(31)29-13-5-6-15(29)16(9-13)32-18-11-25-17(10-26-18)21(22,23)24/h2-4,7-8,10-11,13,15-16H,5-6,9H2,1H3/t13-,15+,16-/m1/s1. The summed E-state index contributed by atoms with van der Waals surface area (Å²) >= 11 is 0.